The van der Waals surface area contributed by atoms with Gasteiger partial charge in [-0.1, -0.05) is 17.7 Å². The molecule has 10 heavy (non-hydrogen) atoms. The number of allylic oxidation sites excluding steroid dienone is 5. The Kier molecular flexibility index (Phi) is 1.95. The van der Waals surface area contributed by atoms with Gasteiger partial charge in [-0.2, -0.15) is 0 Å². The van der Waals surface area contributed by atoms with Gasteiger partial charge in [-0.15, -0.1) is 0 Å². The van der Waals surface area contributed by atoms with E-state index in [1.54, 1.807) is 0 Å². The van der Waals surface area contributed by atoms with Crippen molar-refractivity contribution in [2.75, 3.05) is 0 Å². The minimum Gasteiger partial charge on any atom is -0.399 e. The van der Waals surface area contributed by atoms with Crippen LogP contribution in [0.15, 0.2) is 35.1 Å². The highest BCUT2D eigenvalue weighted by Gasteiger charge is 1.95. The molecule has 0 aromatic heterocycles. The Balaban J connectivity index is 2.98. The zero-order valence-corrected chi connectivity index (χ0v) is 6.52. The predicted octanol–water partition coefficient (Wildman–Crippen LogP) is 2.13. The molecule has 0 aromatic rings. The Labute approximate surface area is 61.9 Å². The minimum absolute atomic E-state index is 0.886. The minimum atomic E-state index is 0.886. The molecule has 1 aliphatic rings. The third kappa shape index (κ3) is 1.50. The summed E-state index contributed by atoms with van der Waals surface area (Å²) in [6.45, 7) is 4.15. The van der Waals surface area contributed by atoms with Crippen molar-refractivity contribution in [2.24, 2.45) is 5.73 Å². The third-order valence-electron chi connectivity index (χ3n) is 1.66. The molecule has 0 bridgehead atoms. The van der Waals surface area contributed by atoms with Crippen molar-refractivity contribution in [1.82, 2.24) is 0 Å². The summed E-state index contributed by atoms with van der Waals surface area (Å²) >= 11 is 0. The van der Waals surface area contributed by atoms with Gasteiger partial charge in [-0.25, -0.2) is 0 Å². The van der Waals surface area contributed by atoms with Crippen LogP contribution >= 0.6 is 0 Å². The summed E-state index contributed by atoms with van der Waals surface area (Å²) in [7, 11) is 0. The Bertz CT molecular complexity index is 219. The first-order chi connectivity index (χ1) is 4.70. The van der Waals surface area contributed by atoms with Crippen LogP contribution in [0.1, 0.15) is 20.3 Å². The Hall–Kier alpha value is -0.980. The molecule has 1 rings (SSSR count). The van der Waals surface area contributed by atoms with Crippen LogP contribution in [0.3, 0.4) is 0 Å². The van der Waals surface area contributed by atoms with Crippen molar-refractivity contribution in [3.05, 3.63) is 35.1 Å². The Morgan fingerprint density at radius 3 is 2.80 bits per heavy atom. The van der Waals surface area contributed by atoms with Gasteiger partial charge in [0.15, 0.2) is 0 Å². The molecule has 0 saturated carbocycles. The second-order valence-corrected chi connectivity index (χ2v) is 2.74. The van der Waals surface area contributed by atoms with E-state index in [9.17, 15) is 0 Å². The lowest BCUT2D eigenvalue weighted by Crippen LogP contribution is -1.94. The lowest BCUT2D eigenvalue weighted by Gasteiger charge is -1.95. The number of hydrogen-bond donors (Lipinski definition) is 1. The standard InChI is InChI=1S/C9H13N/c1-7-4-3-5-9(10)8(2)6-7/h3,5-6H,4,10H2,1-2H3. The Morgan fingerprint density at radius 1 is 1.40 bits per heavy atom. The fraction of sp³-hybridized carbons (Fsp3) is 0.333. The van der Waals surface area contributed by atoms with Gasteiger partial charge in [0.05, 0.1) is 0 Å². The molecule has 0 unspecified atom stereocenters. The molecule has 0 heterocycles. The molecule has 0 radical (unpaired) electrons. The highest BCUT2D eigenvalue weighted by Crippen LogP contribution is 2.13. The molecule has 1 heteroatoms. The van der Waals surface area contributed by atoms with Gasteiger partial charge in [0.25, 0.3) is 0 Å². The van der Waals surface area contributed by atoms with Crippen LogP contribution in [-0.2, 0) is 0 Å². The molecule has 0 atom stereocenters. The smallest absolute Gasteiger partial charge is 0.0340 e. The van der Waals surface area contributed by atoms with E-state index in [0.717, 1.165) is 12.1 Å². The van der Waals surface area contributed by atoms with Gasteiger partial charge in [0, 0.05) is 5.70 Å². The highest BCUT2D eigenvalue weighted by atomic mass is 14.6. The highest BCUT2D eigenvalue weighted by molar-refractivity contribution is 5.34. The molecule has 2 N–H and O–H groups in total. The van der Waals surface area contributed by atoms with Crippen LogP contribution in [0.5, 0.6) is 0 Å². The number of hydrogen-bond acceptors (Lipinski definition) is 1. The zero-order chi connectivity index (χ0) is 7.56. The predicted molar refractivity (Wildman–Crippen MR) is 44.4 cm³/mol. The summed E-state index contributed by atoms with van der Waals surface area (Å²) in [4.78, 5) is 0. The van der Waals surface area contributed by atoms with Crippen molar-refractivity contribution >= 4 is 0 Å². The van der Waals surface area contributed by atoms with E-state index in [-0.39, 0.29) is 0 Å². The first-order valence-electron chi connectivity index (χ1n) is 3.50. The molecule has 0 aliphatic heterocycles. The van der Waals surface area contributed by atoms with Crippen LogP contribution in [0.4, 0.5) is 0 Å². The molecule has 1 aliphatic carbocycles. The van der Waals surface area contributed by atoms with Crippen LogP contribution in [0, 0.1) is 0 Å². The summed E-state index contributed by atoms with van der Waals surface area (Å²) in [6.07, 6.45) is 7.23. The second kappa shape index (κ2) is 2.74. The molecule has 0 saturated heterocycles. The summed E-state index contributed by atoms with van der Waals surface area (Å²) in [5.41, 5.74) is 9.12. The summed E-state index contributed by atoms with van der Waals surface area (Å²) in [6, 6.07) is 0. The van der Waals surface area contributed by atoms with Crippen LogP contribution in [0.25, 0.3) is 0 Å². The second-order valence-electron chi connectivity index (χ2n) is 2.74. The quantitative estimate of drug-likeness (QED) is 0.541. The van der Waals surface area contributed by atoms with E-state index in [4.69, 9.17) is 5.73 Å². The molecule has 0 amide bonds. The fourth-order valence-corrected chi connectivity index (χ4v) is 1.02. The van der Waals surface area contributed by atoms with E-state index >= 15 is 0 Å². The number of rotatable bonds is 0. The lowest BCUT2D eigenvalue weighted by atomic mass is 10.1. The SMILES string of the molecule is CC1=CC(C)=C(N)C=CC1. The molecule has 54 valence electrons. The van der Waals surface area contributed by atoms with E-state index in [0.29, 0.717) is 0 Å². The average molecular weight is 135 g/mol. The maximum atomic E-state index is 5.69. The van der Waals surface area contributed by atoms with Crippen molar-refractivity contribution in [3.63, 3.8) is 0 Å². The number of nitrogens with two attached hydrogens (primary N) is 1. The van der Waals surface area contributed by atoms with E-state index in [1.807, 2.05) is 13.0 Å². The lowest BCUT2D eigenvalue weighted by molar-refractivity contribution is 1.21. The topological polar surface area (TPSA) is 26.0 Å². The van der Waals surface area contributed by atoms with Crippen molar-refractivity contribution in [1.29, 1.82) is 0 Å². The van der Waals surface area contributed by atoms with Crippen molar-refractivity contribution in [3.8, 4) is 0 Å². The first-order valence-corrected chi connectivity index (χ1v) is 3.50. The fourth-order valence-electron chi connectivity index (χ4n) is 1.02. The van der Waals surface area contributed by atoms with Gasteiger partial charge in [0.1, 0.15) is 0 Å². The molecule has 0 fully saturated rings. The molecular weight excluding hydrogens is 122 g/mol. The van der Waals surface area contributed by atoms with Crippen LogP contribution < -0.4 is 5.73 Å². The largest absolute Gasteiger partial charge is 0.399 e. The maximum Gasteiger partial charge on any atom is 0.0340 e. The molecular formula is C9H13N. The molecule has 1 nitrogen and oxygen atoms in total. The van der Waals surface area contributed by atoms with Crippen LogP contribution in [-0.4, -0.2) is 0 Å². The monoisotopic (exact) mass is 135 g/mol. The summed E-state index contributed by atoms with van der Waals surface area (Å²) < 4.78 is 0. The average Bonchev–Trinajstić information content (AvgIpc) is 1.96. The van der Waals surface area contributed by atoms with Gasteiger partial charge in [-0.05, 0) is 31.9 Å². The van der Waals surface area contributed by atoms with E-state index in [1.165, 1.54) is 11.1 Å². The maximum absolute atomic E-state index is 5.69. The zero-order valence-electron chi connectivity index (χ0n) is 6.52. The Morgan fingerprint density at radius 2 is 2.10 bits per heavy atom. The summed E-state index contributed by atoms with van der Waals surface area (Å²) in [5.74, 6) is 0. The molecule has 0 aromatic carbocycles. The van der Waals surface area contributed by atoms with Gasteiger partial charge < -0.3 is 5.73 Å². The van der Waals surface area contributed by atoms with E-state index < -0.39 is 0 Å². The third-order valence-corrected chi connectivity index (χ3v) is 1.66. The van der Waals surface area contributed by atoms with Crippen molar-refractivity contribution < 1.29 is 0 Å². The van der Waals surface area contributed by atoms with E-state index in [2.05, 4.69) is 19.1 Å². The van der Waals surface area contributed by atoms with Gasteiger partial charge >= 0.3 is 0 Å². The first kappa shape index (κ1) is 7.13. The molecule has 0 spiro atoms. The van der Waals surface area contributed by atoms with Gasteiger partial charge in [-0.3, -0.25) is 0 Å². The van der Waals surface area contributed by atoms with Crippen LogP contribution in [0.2, 0.25) is 0 Å². The van der Waals surface area contributed by atoms with Gasteiger partial charge in [0.2, 0.25) is 0 Å². The summed E-state index contributed by atoms with van der Waals surface area (Å²) in [5, 5.41) is 0. The normalized spacial score (nSPS) is 18.8. The van der Waals surface area contributed by atoms with Crippen molar-refractivity contribution in [2.45, 2.75) is 20.3 Å².